The summed E-state index contributed by atoms with van der Waals surface area (Å²) in [5.74, 6) is -4.89. The first-order valence-corrected chi connectivity index (χ1v) is 21.8. The van der Waals surface area contributed by atoms with Crippen molar-refractivity contribution in [3.05, 3.63) is 141 Å². The number of nitrogens with zero attached hydrogens (tertiary/aromatic N) is 6. The number of nitrogens with one attached hydrogen (secondary N) is 3. The zero-order chi connectivity index (χ0) is 42.4. The van der Waals surface area contributed by atoms with Crippen LogP contribution in [0.4, 0.5) is 49.6 Å². The molecule has 4 aromatic carbocycles. The van der Waals surface area contributed by atoms with Crippen molar-refractivity contribution in [2.75, 3.05) is 23.1 Å². The molecule has 0 bridgehead atoms. The minimum absolute atomic E-state index is 0.0116. The lowest BCUT2D eigenvalue weighted by atomic mass is 10.1. The molecule has 2 aromatic heterocycles. The van der Waals surface area contributed by atoms with Crippen molar-refractivity contribution in [3.63, 3.8) is 0 Å². The highest BCUT2D eigenvalue weighted by Crippen LogP contribution is 2.29. The van der Waals surface area contributed by atoms with Gasteiger partial charge in [0.05, 0.1) is 18.1 Å². The Morgan fingerprint density at radius 1 is 0.793 bits per heavy atom. The first-order chi connectivity index (χ1) is 27.3. The highest BCUT2D eigenvalue weighted by molar-refractivity contribution is 9.10. The smallest absolute Gasteiger partial charge is 0.227 e. The number of nitriles is 1. The van der Waals surface area contributed by atoms with Gasteiger partial charge in [-0.2, -0.15) is 5.26 Å². The van der Waals surface area contributed by atoms with Crippen molar-refractivity contribution >= 4 is 59.0 Å². The average Bonchev–Trinajstić information content (AvgIpc) is 3.09. The maximum Gasteiger partial charge on any atom is 0.227 e. The van der Waals surface area contributed by atoms with Crippen molar-refractivity contribution in [2.45, 2.75) is 18.4 Å². The van der Waals surface area contributed by atoms with Gasteiger partial charge in [0.25, 0.3) is 0 Å². The molecular formula is C38H32BrF6N9O2S2. The summed E-state index contributed by atoms with van der Waals surface area (Å²) in [5, 5.41) is 14.5. The van der Waals surface area contributed by atoms with Crippen LogP contribution in [-0.4, -0.2) is 41.2 Å². The predicted octanol–water partition coefficient (Wildman–Crippen LogP) is 10.0. The molecule has 0 saturated carbocycles. The summed E-state index contributed by atoms with van der Waals surface area (Å²) < 4.78 is 116. The molecule has 0 spiro atoms. The minimum atomic E-state index is -2.79. The van der Waals surface area contributed by atoms with Crippen LogP contribution in [0.3, 0.4) is 0 Å². The lowest BCUT2D eigenvalue weighted by Crippen LogP contribution is -2.10. The van der Waals surface area contributed by atoms with E-state index in [1.807, 2.05) is 13.0 Å². The van der Waals surface area contributed by atoms with Gasteiger partial charge in [0.2, 0.25) is 18.1 Å². The molecule has 20 heteroatoms. The quantitative estimate of drug-likeness (QED) is 0.0510. The fourth-order valence-electron chi connectivity index (χ4n) is 5.48. The molecule has 11 nitrogen and oxygen atoms in total. The summed E-state index contributed by atoms with van der Waals surface area (Å²) in [6.45, 7) is 1.83. The maximum atomic E-state index is 14.2. The van der Waals surface area contributed by atoms with Crippen LogP contribution >= 0.6 is 15.9 Å². The van der Waals surface area contributed by atoms with Gasteiger partial charge in [-0.15, -0.1) is 4.36 Å². The van der Waals surface area contributed by atoms with E-state index in [4.69, 9.17) is 10.0 Å². The summed E-state index contributed by atoms with van der Waals surface area (Å²) >= 11 is 3.36. The van der Waals surface area contributed by atoms with Crippen LogP contribution < -0.4 is 10.6 Å². The number of halogens is 7. The van der Waals surface area contributed by atoms with Gasteiger partial charge in [0.15, 0.2) is 11.6 Å². The van der Waals surface area contributed by atoms with Crippen LogP contribution in [0.15, 0.2) is 94.0 Å². The van der Waals surface area contributed by atoms with Crippen LogP contribution in [0.1, 0.15) is 16.7 Å². The number of aromatic nitrogens is 4. The Morgan fingerprint density at radius 2 is 1.29 bits per heavy atom. The molecule has 1 atom stereocenters. The van der Waals surface area contributed by atoms with Gasteiger partial charge >= 0.3 is 0 Å². The SMILES string of the molecule is C[SH](O)(Cc1cc(Br)cc(Nc2ncc(F)c(-c3ccc(F)cc3F)n2)c1)=NC#N.Cc1cc(CS(C)(=N)=O)cc(Nc2ncc(F)c(-c3ccc(F)cc3F)n2)c1. The Bertz CT molecular complexity index is 2730. The Labute approximate surface area is 338 Å². The van der Waals surface area contributed by atoms with E-state index in [9.17, 15) is 35.1 Å². The van der Waals surface area contributed by atoms with E-state index >= 15 is 0 Å². The van der Waals surface area contributed by atoms with Crippen LogP contribution in [-0.2, 0) is 31.3 Å². The number of hydrogen-bond acceptors (Lipinski definition) is 10. The van der Waals surface area contributed by atoms with E-state index in [-0.39, 0.29) is 45.9 Å². The highest BCUT2D eigenvalue weighted by atomic mass is 79.9. The van der Waals surface area contributed by atoms with Crippen molar-refractivity contribution in [3.8, 4) is 28.7 Å². The first-order valence-electron chi connectivity index (χ1n) is 16.6. The van der Waals surface area contributed by atoms with Gasteiger partial charge in [-0.3, -0.25) is 4.78 Å². The monoisotopic (exact) mass is 903 g/mol. The molecule has 0 radical (unpaired) electrons. The second-order valence-corrected chi connectivity index (χ2v) is 18.8. The summed E-state index contributed by atoms with van der Waals surface area (Å²) in [5.41, 5.74) is 2.29. The molecule has 6 rings (SSSR count). The van der Waals surface area contributed by atoms with Crippen molar-refractivity contribution in [1.82, 2.24) is 19.9 Å². The Kier molecular flexibility index (Phi) is 13.6. The average molecular weight is 905 g/mol. The predicted molar refractivity (Wildman–Crippen MR) is 216 cm³/mol. The summed E-state index contributed by atoms with van der Waals surface area (Å²) in [6.07, 6.45) is 6.27. The Hall–Kier alpha value is -5.75. The second kappa shape index (κ2) is 18.2. The van der Waals surface area contributed by atoms with Crippen molar-refractivity contribution in [2.24, 2.45) is 4.36 Å². The standard InChI is InChI=1S/C19H15BrF3N5OS.C19H17F3N4OS/c1-30(29,26-10-24)9-11-4-12(20)6-14(5-11)27-19-25-8-17(23)18(28-19)15-3-2-13(21)7-16(15)22;1-11-5-12(10-28(2,23)27)7-14(6-11)25-19-24-9-17(22)18(26-19)15-4-3-13(20)8-16(15)21/h2-8,30H,9H2,1H3,(H,26,29)(H,25,27,28);3-9,23H,10H2,1-2H3,(H,24,25,26). The molecule has 2 heterocycles. The number of hydrogen-bond donors (Lipinski definition) is 5. The normalized spacial score (nSPS) is 12.4. The largest absolute Gasteiger partial charge is 0.343 e. The molecule has 4 N–H and O–H groups in total. The van der Waals surface area contributed by atoms with Crippen molar-refractivity contribution in [1.29, 1.82) is 10.0 Å². The summed E-state index contributed by atoms with van der Waals surface area (Å²) in [6, 6.07) is 16.0. The van der Waals surface area contributed by atoms with E-state index < -0.39 is 54.7 Å². The van der Waals surface area contributed by atoms with Crippen LogP contribution in [0, 0.1) is 58.1 Å². The zero-order valence-electron chi connectivity index (χ0n) is 30.5. The molecule has 0 aliphatic carbocycles. The summed E-state index contributed by atoms with van der Waals surface area (Å²) in [7, 11) is -5.51. The van der Waals surface area contributed by atoms with E-state index in [1.165, 1.54) is 12.5 Å². The zero-order valence-corrected chi connectivity index (χ0v) is 33.8. The highest BCUT2D eigenvalue weighted by Gasteiger charge is 2.17. The third-order valence-electron chi connectivity index (χ3n) is 7.65. The van der Waals surface area contributed by atoms with Crippen LogP contribution in [0.5, 0.6) is 0 Å². The topological polar surface area (TPSA) is 173 Å². The molecule has 58 heavy (non-hydrogen) atoms. The van der Waals surface area contributed by atoms with E-state index in [0.29, 0.717) is 39.1 Å². The fourth-order valence-corrected chi connectivity index (χ4v) is 7.96. The number of thiol groups is 1. The molecule has 0 fully saturated rings. The van der Waals surface area contributed by atoms with Crippen LogP contribution in [0.2, 0.25) is 0 Å². The maximum absolute atomic E-state index is 14.2. The van der Waals surface area contributed by atoms with Crippen LogP contribution in [0.25, 0.3) is 22.5 Å². The van der Waals surface area contributed by atoms with Crippen molar-refractivity contribution < 1.29 is 35.1 Å². The number of benzene rings is 4. The molecule has 0 aliphatic heterocycles. The number of aryl methyl sites for hydroxylation is 1. The second-order valence-electron chi connectivity index (χ2n) is 12.9. The number of rotatable bonds is 10. The third kappa shape index (κ3) is 12.1. The van der Waals surface area contributed by atoms with E-state index in [2.05, 4.69) is 50.9 Å². The Morgan fingerprint density at radius 3 is 1.78 bits per heavy atom. The fraction of sp³-hybridized carbons (Fsp3) is 0.132. The van der Waals surface area contributed by atoms with Gasteiger partial charge in [-0.25, -0.2) is 50.5 Å². The minimum Gasteiger partial charge on any atom is -0.343 e. The van der Waals surface area contributed by atoms with Gasteiger partial charge in [0, 0.05) is 60.8 Å². The van der Waals surface area contributed by atoms with E-state index in [1.54, 1.807) is 36.5 Å². The van der Waals surface area contributed by atoms with Gasteiger partial charge < -0.3 is 15.2 Å². The summed E-state index contributed by atoms with van der Waals surface area (Å²) in [4.78, 5) is 15.7. The molecule has 0 amide bonds. The molecule has 6 aromatic rings. The molecular weight excluding hydrogens is 873 g/mol. The van der Waals surface area contributed by atoms with Gasteiger partial charge in [-0.1, -0.05) is 32.1 Å². The Balaban J connectivity index is 0.000000221. The van der Waals surface area contributed by atoms with E-state index in [0.717, 1.165) is 42.2 Å². The third-order valence-corrected chi connectivity index (χ3v) is 10.5. The molecule has 302 valence electrons. The number of anilines is 4. The molecule has 0 aliphatic rings. The van der Waals surface area contributed by atoms with Gasteiger partial charge in [0.1, 0.15) is 34.7 Å². The molecule has 0 saturated heterocycles. The lowest BCUT2D eigenvalue weighted by Gasteiger charge is -2.17. The first kappa shape index (κ1) is 43.4. The lowest BCUT2D eigenvalue weighted by molar-refractivity contribution is 0.580. The molecule has 1 unspecified atom stereocenters. The van der Waals surface area contributed by atoms with Gasteiger partial charge in [-0.05, 0) is 84.5 Å².